The standard InChI is InChI=1S/C11H14O3.C9H11NO4/c1-2-14-10-6-4-3-5-9(10)7-8-11(12)13;1-5-4-10(2)6(3-7(11)12)8(5)9(13)14/h3-6H,2,7-8H2,1H3,(H,12,13);4H,3H2,1-2H3,(H,11,12)(H,13,14). The summed E-state index contributed by atoms with van der Waals surface area (Å²) in [6, 6.07) is 7.53. The van der Waals surface area contributed by atoms with Crippen molar-refractivity contribution < 1.29 is 34.4 Å². The zero-order chi connectivity index (χ0) is 21.3. The molecule has 0 aliphatic carbocycles. The van der Waals surface area contributed by atoms with Crippen LogP contribution in [0.1, 0.15) is 40.5 Å². The van der Waals surface area contributed by atoms with Crippen molar-refractivity contribution in [2.45, 2.75) is 33.1 Å². The fourth-order valence-electron chi connectivity index (χ4n) is 2.73. The van der Waals surface area contributed by atoms with Crippen molar-refractivity contribution >= 4 is 17.9 Å². The van der Waals surface area contributed by atoms with Gasteiger partial charge >= 0.3 is 17.9 Å². The van der Waals surface area contributed by atoms with Crippen LogP contribution < -0.4 is 4.74 Å². The van der Waals surface area contributed by atoms with Gasteiger partial charge in [-0.1, -0.05) is 18.2 Å². The molecule has 28 heavy (non-hydrogen) atoms. The third kappa shape index (κ3) is 6.79. The second kappa shape index (κ2) is 10.8. The van der Waals surface area contributed by atoms with Gasteiger partial charge in [0, 0.05) is 25.4 Å². The Balaban J connectivity index is 0.000000280. The summed E-state index contributed by atoms with van der Waals surface area (Å²) in [5.41, 5.74) is 1.95. The number of para-hydroxylation sites is 1. The van der Waals surface area contributed by atoms with Crippen LogP contribution in [0, 0.1) is 6.92 Å². The molecule has 1 heterocycles. The monoisotopic (exact) mass is 391 g/mol. The van der Waals surface area contributed by atoms with Crippen LogP contribution in [0.2, 0.25) is 0 Å². The average Bonchev–Trinajstić information content (AvgIpc) is 2.88. The van der Waals surface area contributed by atoms with Gasteiger partial charge in [0.2, 0.25) is 0 Å². The van der Waals surface area contributed by atoms with Crippen LogP contribution in [0.3, 0.4) is 0 Å². The summed E-state index contributed by atoms with van der Waals surface area (Å²) >= 11 is 0. The maximum atomic E-state index is 10.8. The van der Waals surface area contributed by atoms with Gasteiger partial charge in [-0.05, 0) is 37.5 Å². The molecule has 0 amide bonds. The predicted octanol–water partition coefficient (Wildman–Crippen LogP) is 2.76. The van der Waals surface area contributed by atoms with Crippen LogP contribution >= 0.6 is 0 Å². The molecule has 0 aliphatic heterocycles. The van der Waals surface area contributed by atoms with E-state index in [-0.39, 0.29) is 18.4 Å². The molecule has 0 aliphatic rings. The molecular formula is C20H25NO7. The summed E-state index contributed by atoms with van der Waals surface area (Å²) in [7, 11) is 1.64. The van der Waals surface area contributed by atoms with E-state index in [1.807, 2.05) is 31.2 Å². The normalized spacial score (nSPS) is 9.96. The maximum absolute atomic E-state index is 10.8. The third-order valence-corrected chi connectivity index (χ3v) is 3.91. The van der Waals surface area contributed by atoms with Crippen molar-refractivity contribution in [1.29, 1.82) is 0 Å². The molecule has 0 atom stereocenters. The molecule has 1 aromatic heterocycles. The zero-order valence-corrected chi connectivity index (χ0v) is 16.1. The summed E-state index contributed by atoms with van der Waals surface area (Å²) in [4.78, 5) is 31.7. The van der Waals surface area contributed by atoms with Crippen LogP contribution in [0.4, 0.5) is 0 Å². The summed E-state index contributed by atoms with van der Waals surface area (Å²) in [6.45, 7) is 4.16. The molecule has 0 saturated carbocycles. The summed E-state index contributed by atoms with van der Waals surface area (Å²) < 4.78 is 6.91. The Bertz CT molecular complexity index is 839. The number of aliphatic carboxylic acids is 2. The molecule has 0 saturated heterocycles. The number of aromatic nitrogens is 1. The van der Waals surface area contributed by atoms with E-state index in [1.54, 1.807) is 20.2 Å². The zero-order valence-electron chi connectivity index (χ0n) is 16.1. The van der Waals surface area contributed by atoms with Gasteiger partial charge in [-0.3, -0.25) is 9.59 Å². The number of carboxylic acids is 3. The van der Waals surface area contributed by atoms with Crippen LogP contribution in [0.25, 0.3) is 0 Å². The second-order valence-electron chi connectivity index (χ2n) is 6.05. The minimum Gasteiger partial charge on any atom is -0.494 e. The number of benzene rings is 1. The first kappa shape index (κ1) is 22.8. The van der Waals surface area contributed by atoms with Gasteiger partial charge < -0.3 is 24.6 Å². The maximum Gasteiger partial charge on any atom is 0.337 e. The summed E-state index contributed by atoms with van der Waals surface area (Å²) in [6.07, 6.45) is 2.00. The highest BCUT2D eigenvalue weighted by atomic mass is 16.5. The van der Waals surface area contributed by atoms with Gasteiger partial charge in [0.05, 0.1) is 18.6 Å². The van der Waals surface area contributed by atoms with E-state index in [9.17, 15) is 14.4 Å². The summed E-state index contributed by atoms with van der Waals surface area (Å²) in [5.74, 6) is -2.11. The lowest BCUT2D eigenvalue weighted by molar-refractivity contribution is -0.137. The molecule has 8 nitrogen and oxygen atoms in total. The molecule has 3 N–H and O–H groups in total. The lowest BCUT2D eigenvalue weighted by Crippen LogP contribution is -2.10. The number of ether oxygens (including phenoxy) is 1. The van der Waals surface area contributed by atoms with Crippen LogP contribution in [0.5, 0.6) is 5.75 Å². The van der Waals surface area contributed by atoms with E-state index in [0.29, 0.717) is 24.3 Å². The van der Waals surface area contributed by atoms with E-state index < -0.39 is 17.9 Å². The van der Waals surface area contributed by atoms with Gasteiger partial charge in [0.1, 0.15) is 5.75 Å². The molecule has 2 rings (SSSR count). The van der Waals surface area contributed by atoms with Crippen molar-refractivity contribution in [1.82, 2.24) is 4.57 Å². The topological polar surface area (TPSA) is 126 Å². The van der Waals surface area contributed by atoms with Gasteiger partial charge in [-0.15, -0.1) is 0 Å². The summed E-state index contributed by atoms with van der Waals surface area (Å²) in [5, 5.41) is 26.0. The first-order chi connectivity index (χ1) is 13.2. The molecule has 8 heteroatoms. The largest absolute Gasteiger partial charge is 0.494 e. The lowest BCUT2D eigenvalue weighted by atomic mass is 10.1. The highest BCUT2D eigenvalue weighted by molar-refractivity contribution is 5.92. The molecule has 0 bridgehead atoms. The number of carbonyl (C=O) groups is 3. The van der Waals surface area contributed by atoms with E-state index in [2.05, 4.69) is 0 Å². The van der Waals surface area contributed by atoms with Gasteiger partial charge in [-0.25, -0.2) is 4.79 Å². The van der Waals surface area contributed by atoms with Crippen LogP contribution in [0.15, 0.2) is 30.5 Å². The second-order valence-corrected chi connectivity index (χ2v) is 6.05. The molecule has 0 spiro atoms. The molecule has 2 aromatic rings. The van der Waals surface area contributed by atoms with Crippen molar-refractivity contribution in [2.24, 2.45) is 7.05 Å². The Morgan fingerprint density at radius 3 is 2.25 bits per heavy atom. The molecule has 152 valence electrons. The van der Waals surface area contributed by atoms with E-state index in [1.165, 1.54) is 4.57 Å². The minimum atomic E-state index is -1.08. The number of nitrogens with zero attached hydrogens (tertiary/aromatic N) is 1. The minimum absolute atomic E-state index is 0.0925. The number of rotatable bonds is 8. The van der Waals surface area contributed by atoms with Gasteiger partial charge in [0.25, 0.3) is 0 Å². The number of hydrogen-bond donors (Lipinski definition) is 3. The predicted molar refractivity (Wildman–Crippen MR) is 102 cm³/mol. The first-order valence-corrected chi connectivity index (χ1v) is 8.69. The molecule has 1 aromatic carbocycles. The molecule has 0 fully saturated rings. The Labute approximate surface area is 163 Å². The Kier molecular flexibility index (Phi) is 8.74. The molecule has 0 unspecified atom stereocenters. The van der Waals surface area contributed by atoms with Crippen LogP contribution in [-0.2, 0) is 29.5 Å². The van der Waals surface area contributed by atoms with E-state index in [4.69, 9.17) is 20.1 Å². The third-order valence-electron chi connectivity index (χ3n) is 3.91. The Morgan fingerprint density at radius 1 is 1.07 bits per heavy atom. The van der Waals surface area contributed by atoms with Crippen molar-refractivity contribution in [2.75, 3.05) is 6.61 Å². The van der Waals surface area contributed by atoms with Crippen LogP contribution in [-0.4, -0.2) is 44.4 Å². The van der Waals surface area contributed by atoms with Crippen molar-refractivity contribution in [3.05, 3.63) is 52.8 Å². The van der Waals surface area contributed by atoms with Gasteiger partial charge in [-0.2, -0.15) is 0 Å². The smallest absolute Gasteiger partial charge is 0.337 e. The highest BCUT2D eigenvalue weighted by Crippen LogP contribution is 2.19. The average molecular weight is 391 g/mol. The number of aromatic carboxylic acids is 1. The number of aryl methyl sites for hydroxylation is 3. The SMILES string of the molecule is CCOc1ccccc1CCC(=O)O.Cc1cn(C)c(CC(=O)O)c1C(=O)O. The Hall–Kier alpha value is -3.29. The van der Waals surface area contributed by atoms with E-state index in [0.717, 1.165) is 11.3 Å². The Morgan fingerprint density at radius 2 is 1.71 bits per heavy atom. The quantitative estimate of drug-likeness (QED) is 0.631. The first-order valence-electron chi connectivity index (χ1n) is 8.69. The molecule has 0 radical (unpaired) electrons. The number of carboxylic acid groups (broad SMARTS) is 3. The van der Waals surface area contributed by atoms with E-state index >= 15 is 0 Å². The lowest BCUT2D eigenvalue weighted by Gasteiger charge is -2.08. The molecular weight excluding hydrogens is 366 g/mol. The fourth-order valence-corrected chi connectivity index (χ4v) is 2.73. The number of hydrogen-bond acceptors (Lipinski definition) is 4. The fraction of sp³-hybridized carbons (Fsp3) is 0.350. The van der Waals surface area contributed by atoms with Crippen molar-refractivity contribution in [3.63, 3.8) is 0 Å². The van der Waals surface area contributed by atoms with Gasteiger partial charge in [0.15, 0.2) is 0 Å². The van der Waals surface area contributed by atoms with Crippen molar-refractivity contribution in [3.8, 4) is 5.75 Å². The highest BCUT2D eigenvalue weighted by Gasteiger charge is 2.19.